The normalized spacial score (nSPS) is 14.5. The third-order valence-electron chi connectivity index (χ3n) is 3.80. The van der Waals surface area contributed by atoms with Gasteiger partial charge in [-0.15, -0.1) is 0 Å². The summed E-state index contributed by atoms with van der Waals surface area (Å²) in [6.45, 7) is 1.10. The van der Waals surface area contributed by atoms with E-state index in [9.17, 15) is 22.8 Å². The van der Waals surface area contributed by atoms with Crippen LogP contribution in [0.1, 0.15) is 24.2 Å². The van der Waals surface area contributed by atoms with E-state index >= 15 is 0 Å². The Labute approximate surface area is 146 Å². The fraction of sp³-hybridized carbons (Fsp3) is 0.235. The van der Waals surface area contributed by atoms with Crippen LogP contribution in [0, 0.1) is 17.5 Å². The van der Waals surface area contributed by atoms with Gasteiger partial charge < -0.3 is 10.1 Å². The largest absolute Gasteiger partial charge is 0.416 e. The molecule has 136 valence electrons. The Morgan fingerprint density at radius 3 is 2.81 bits per heavy atom. The molecular formula is C17H14F3N3O3. The lowest BCUT2D eigenvalue weighted by Gasteiger charge is -2.27. The summed E-state index contributed by atoms with van der Waals surface area (Å²) in [7, 11) is 0. The molecule has 1 N–H and O–H groups in total. The molecule has 6 nitrogen and oxygen atoms in total. The minimum atomic E-state index is -0.889. The number of amides is 2. The van der Waals surface area contributed by atoms with Crippen molar-refractivity contribution in [2.24, 2.45) is 0 Å². The van der Waals surface area contributed by atoms with Crippen LogP contribution in [0.15, 0.2) is 30.5 Å². The smallest absolute Gasteiger partial charge is 0.410 e. The maximum atomic E-state index is 13.7. The van der Waals surface area contributed by atoms with Gasteiger partial charge in [-0.05, 0) is 25.1 Å². The summed E-state index contributed by atoms with van der Waals surface area (Å²) in [6, 6.07) is 3.55. The summed E-state index contributed by atoms with van der Waals surface area (Å²) in [5.41, 5.74) is 0.296. The first-order valence-corrected chi connectivity index (χ1v) is 7.69. The lowest BCUT2D eigenvalue weighted by molar-refractivity contribution is -0.122. The number of fused-ring (bicyclic) bond motifs is 1. The Hall–Kier alpha value is -3.10. The van der Waals surface area contributed by atoms with E-state index in [0.717, 1.165) is 11.1 Å². The maximum Gasteiger partial charge on any atom is 0.416 e. The molecule has 1 atom stereocenters. The lowest BCUT2D eigenvalue weighted by atomic mass is 10.1. The second-order valence-corrected chi connectivity index (χ2v) is 5.79. The van der Waals surface area contributed by atoms with E-state index in [1.165, 1.54) is 25.1 Å². The van der Waals surface area contributed by atoms with Gasteiger partial charge in [-0.25, -0.2) is 18.0 Å². The fourth-order valence-electron chi connectivity index (χ4n) is 2.59. The average molecular weight is 365 g/mol. The van der Waals surface area contributed by atoms with Gasteiger partial charge >= 0.3 is 6.09 Å². The van der Waals surface area contributed by atoms with Gasteiger partial charge in [0, 0.05) is 11.6 Å². The minimum absolute atomic E-state index is 0.00309. The van der Waals surface area contributed by atoms with Crippen molar-refractivity contribution < 1.29 is 27.5 Å². The molecule has 0 aliphatic carbocycles. The number of benzene rings is 1. The quantitative estimate of drug-likeness (QED) is 0.904. The number of aromatic nitrogens is 1. The van der Waals surface area contributed by atoms with Crippen LogP contribution < -0.4 is 10.1 Å². The number of nitrogens with one attached hydrogen (secondary N) is 1. The van der Waals surface area contributed by atoms with E-state index in [2.05, 4.69) is 10.3 Å². The van der Waals surface area contributed by atoms with E-state index in [-0.39, 0.29) is 24.5 Å². The summed E-state index contributed by atoms with van der Waals surface area (Å²) in [5, 5.41) is 2.47. The molecule has 0 spiro atoms. The zero-order valence-corrected chi connectivity index (χ0v) is 13.6. The first kappa shape index (κ1) is 17.7. The number of nitrogens with zero attached hydrogens (tertiary/aromatic N) is 2. The Morgan fingerprint density at radius 1 is 1.31 bits per heavy atom. The number of carbonyl (C=O) groups is 2. The van der Waals surface area contributed by atoms with Crippen molar-refractivity contribution in [1.29, 1.82) is 0 Å². The Morgan fingerprint density at radius 2 is 2.08 bits per heavy atom. The number of hydrogen-bond acceptors (Lipinski definition) is 4. The highest BCUT2D eigenvalue weighted by molar-refractivity contribution is 5.83. The van der Waals surface area contributed by atoms with Crippen molar-refractivity contribution in [1.82, 2.24) is 15.2 Å². The molecule has 2 aromatic rings. The standard InChI is InChI=1S/C17H14F3N3O3/c1-9(16-13(20)5-12(19)6-21-16)22-15(24)8-23-7-10-4-11(18)2-3-14(10)26-17(23)25/h2-6,9H,7-8H2,1H3,(H,22,24)/t9-/m0/s1. The number of rotatable bonds is 4. The molecule has 0 saturated carbocycles. The Bertz CT molecular complexity index is 876. The molecule has 2 heterocycles. The molecular weight excluding hydrogens is 351 g/mol. The Kier molecular flexibility index (Phi) is 4.79. The van der Waals surface area contributed by atoms with Gasteiger partial charge in [-0.1, -0.05) is 0 Å². The molecule has 0 saturated heterocycles. The number of hydrogen-bond donors (Lipinski definition) is 1. The van der Waals surface area contributed by atoms with Gasteiger partial charge in [0.1, 0.15) is 29.7 Å². The molecule has 0 unspecified atom stereocenters. The third kappa shape index (κ3) is 3.76. The maximum absolute atomic E-state index is 13.7. The molecule has 1 aromatic carbocycles. The monoisotopic (exact) mass is 365 g/mol. The number of carbonyl (C=O) groups excluding carboxylic acids is 2. The number of halogens is 3. The second-order valence-electron chi connectivity index (χ2n) is 5.79. The third-order valence-corrected chi connectivity index (χ3v) is 3.80. The van der Waals surface area contributed by atoms with Crippen LogP contribution in [-0.2, 0) is 11.3 Å². The minimum Gasteiger partial charge on any atom is -0.410 e. The highest BCUT2D eigenvalue weighted by Crippen LogP contribution is 2.26. The van der Waals surface area contributed by atoms with Crippen molar-refractivity contribution in [3.05, 3.63) is 59.2 Å². The van der Waals surface area contributed by atoms with Gasteiger partial charge in [0.15, 0.2) is 0 Å². The first-order valence-electron chi connectivity index (χ1n) is 7.69. The van der Waals surface area contributed by atoms with E-state index < -0.39 is 35.5 Å². The average Bonchev–Trinajstić information content (AvgIpc) is 2.55. The lowest BCUT2D eigenvalue weighted by Crippen LogP contribution is -2.44. The molecule has 2 amide bonds. The topological polar surface area (TPSA) is 71.5 Å². The fourth-order valence-corrected chi connectivity index (χ4v) is 2.59. The molecule has 9 heteroatoms. The summed E-state index contributed by atoms with van der Waals surface area (Å²) in [5.74, 6) is -2.57. The molecule has 26 heavy (non-hydrogen) atoms. The number of pyridine rings is 1. The van der Waals surface area contributed by atoms with Crippen LogP contribution in [-0.4, -0.2) is 28.4 Å². The van der Waals surface area contributed by atoms with Crippen LogP contribution in [0.2, 0.25) is 0 Å². The summed E-state index contributed by atoms with van der Waals surface area (Å²) in [6.07, 6.45) is 0.0900. The SMILES string of the molecule is C[C@H](NC(=O)CN1Cc2cc(F)ccc2OC1=O)c1ncc(F)cc1F. The molecule has 0 radical (unpaired) electrons. The van der Waals surface area contributed by atoms with Crippen molar-refractivity contribution in [3.8, 4) is 5.75 Å². The molecule has 0 fully saturated rings. The summed E-state index contributed by atoms with van der Waals surface area (Å²) < 4.78 is 45.0. The van der Waals surface area contributed by atoms with E-state index in [0.29, 0.717) is 11.6 Å². The summed E-state index contributed by atoms with van der Waals surface area (Å²) in [4.78, 5) is 28.8. The zero-order chi connectivity index (χ0) is 18.8. The van der Waals surface area contributed by atoms with Gasteiger partial charge in [0.25, 0.3) is 0 Å². The predicted molar refractivity (Wildman–Crippen MR) is 83.5 cm³/mol. The van der Waals surface area contributed by atoms with Gasteiger partial charge in [0.2, 0.25) is 5.91 Å². The van der Waals surface area contributed by atoms with Gasteiger partial charge in [-0.2, -0.15) is 0 Å². The van der Waals surface area contributed by atoms with Crippen LogP contribution in [0.5, 0.6) is 5.75 Å². The Balaban J connectivity index is 1.65. The van der Waals surface area contributed by atoms with Crippen LogP contribution in [0.25, 0.3) is 0 Å². The molecule has 1 aliphatic heterocycles. The van der Waals surface area contributed by atoms with Crippen molar-refractivity contribution >= 4 is 12.0 Å². The zero-order valence-electron chi connectivity index (χ0n) is 13.6. The van der Waals surface area contributed by atoms with Gasteiger partial charge in [0.05, 0.1) is 24.5 Å². The molecule has 0 bridgehead atoms. The first-order chi connectivity index (χ1) is 12.3. The summed E-state index contributed by atoms with van der Waals surface area (Å²) >= 11 is 0. The predicted octanol–water partition coefficient (Wildman–Crippen LogP) is 2.69. The van der Waals surface area contributed by atoms with Gasteiger partial charge in [-0.3, -0.25) is 14.7 Å². The number of ether oxygens (including phenoxy) is 1. The van der Waals surface area contributed by atoms with Crippen molar-refractivity contribution in [2.45, 2.75) is 19.5 Å². The van der Waals surface area contributed by atoms with E-state index in [4.69, 9.17) is 4.74 Å². The molecule has 3 rings (SSSR count). The van der Waals surface area contributed by atoms with E-state index in [1.807, 2.05) is 0 Å². The highest BCUT2D eigenvalue weighted by Gasteiger charge is 2.27. The van der Waals surface area contributed by atoms with Crippen molar-refractivity contribution in [2.75, 3.05) is 6.54 Å². The van der Waals surface area contributed by atoms with Crippen LogP contribution in [0.3, 0.4) is 0 Å². The van der Waals surface area contributed by atoms with Crippen molar-refractivity contribution in [3.63, 3.8) is 0 Å². The second kappa shape index (κ2) is 7.03. The highest BCUT2D eigenvalue weighted by atomic mass is 19.1. The van der Waals surface area contributed by atoms with Crippen LogP contribution >= 0.6 is 0 Å². The molecule has 1 aromatic heterocycles. The van der Waals surface area contributed by atoms with E-state index in [1.54, 1.807) is 0 Å². The van der Waals surface area contributed by atoms with Crippen LogP contribution in [0.4, 0.5) is 18.0 Å². The molecule has 1 aliphatic rings.